The highest BCUT2D eigenvalue weighted by Crippen LogP contribution is 2.31. The molecule has 0 unspecified atom stereocenters. The molecular formula is C12H13BrN4O2. The fourth-order valence-electron chi connectivity index (χ4n) is 1.32. The van der Waals surface area contributed by atoms with Gasteiger partial charge >= 0.3 is 0 Å². The molecule has 2 heterocycles. The summed E-state index contributed by atoms with van der Waals surface area (Å²) in [7, 11) is 0. The Balaban J connectivity index is 2.25. The molecule has 0 saturated heterocycles. The van der Waals surface area contributed by atoms with E-state index in [1.54, 1.807) is 18.5 Å². The van der Waals surface area contributed by atoms with Gasteiger partial charge in [-0.05, 0) is 35.8 Å². The lowest BCUT2D eigenvalue weighted by Gasteiger charge is -2.12. The molecule has 19 heavy (non-hydrogen) atoms. The van der Waals surface area contributed by atoms with Gasteiger partial charge in [0.2, 0.25) is 11.8 Å². The summed E-state index contributed by atoms with van der Waals surface area (Å²) >= 11 is 3.31. The number of halogens is 1. The maximum absolute atomic E-state index is 5.91. The Kier molecular flexibility index (Phi) is 4.16. The molecule has 0 fully saturated rings. The van der Waals surface area contributed by atoms with Gasteiger partial charge in [-0.15, -0.1) is 0 Å². The fourth-order valence-corrected chi connectivity index (χ4v) is 1.67. The van der Waals surface area contributed by atoms with E-state index in [1.165, 1.54) is 6.33 Å². The maximum Gasteiger partial charge on any atom is 0.249 e. The van der Waals surface area contributed by atoms with Crippen LogP contribution in [0.3, 0.4) is 0 Å². The molecule has 0 aromatic carbocycles. The van der Waals surface area contributed by atoms with E-state index in [0.717, 1.165) is 4.47 Å². The zero-order chi connectivity index (χ0) is 13.8. The van der Waals surface area contributed by atoms with Crippen LogP contribution >= 0.6 is 15.9 Å². The van der Waals surface area contributed by atoms with E-state index in [0.29, 0.717) is 11.6 Å². The van der Waals surface area contributed by atoms with Gasteiger partial charge in [0, 0.05) is 10.7 Å². The maximum atomic E-state index is 5.91. The third-order valence-electron chi connectivity index (χ3n) is 2.05. The Morgan fingerprint density at radius 3 is 2.63 bits per heavy atom. The predicted octanol–water partition coefficient (Wildman–Crippen LogP) is 2.80. The van der Waals surface area contributed by atoms with Crippen molar-refractivity contribution in [1.29, 1.82) is 0 Å². The monoisotopic (exact) mass is 324 g/mol. The van der Waals surface area contributed by atoms with Gasteiger partial charge in [-0.25, -0.2) is 0 Å². The average Bonchev–Trinajstić information content (AvgIpc) is 2.34. The van der Waals surface area contributed by atoms with Crippen molar-refractivity contribution in [3.05, 3.63) is 29.3 Å². The second kappa shape index (κ2) is 5.83. The average molecular weight is 325 g/mol. The highest BCUT2D eigenvalue weighted by molar-refractivity contribution is 9.10. The van der Waals surface area contributed by atoms with Gasteiger partial charge in [-0.1, -0.05) is 0 Å². The van der Waals surface area contributed by atoms with Crippen molar-refractivity contribution in [2.45, 2.75) is 20.0 Å². The van der Waals surface area contributed by atoms with E-state index in [1.807, 2.05) is 13.8 Å². The van der Waals surface area contributed by atoms with E-state index in [-0.39, 0.29) is 17.7 Å². The van der Waals surface area contributed by atoms with Crippen molar-refractivity contribution < 1.29 is 9.47 Å². The summed E-state index contributed by atoms with van der Waals surface area (Å²) < 4.78 is 11.8. The predicted molar refractivity (Wildman–Crippen MR) is 74.2 cm³/mol. The number of aromatic nitrogens is 3. The molecule has 0 amide bonds. The minimum atomic E-state index is -0.0300. The molecule has 0 atom stereocenters. The fraction of sp³-hybridized carbons (Fsp3) is 0.250. The van der Waals surface area contributed by atoms with Gasteiger partial charge < -0.3 is 15.2 Å². The lowest BCUT2D eigenvalue weighted by molar-refractivity contribution is 0.232. The normalized spacial score (nSPS) is 10.5. The van der Waals surface area contributed by atoms with Gasteiger partial charge in [0.15, 0.2) is 5.69 Å². The Labute approximate surface area is 119 Å². The summed E-state index contributed by atoms with van der Waals surface area (Å²) in [4.78, 5) is 12.0. The molecule has 2 aromatic heterocycles. The van der Waals surface area contributed by atoms with E-state index in [2.05, 4.69) is 30.9 Å². The van der Waals surface area contributed by atoms with Gasteiger partial charge in [0.25, 0.3) is 0 Å². The van der Waals surface area contributed by atoms with Crippen LogP contribution in [0.1, 0.15) is 13.8 Å². The molecule has 100 valence electrons. The molecule has 2 N–H and O–H groups in total. The highest BCUT2D eigenvalue weighted by Gasteiger charge is 2.12. The summed E-state index contributed by atoms with van der Waals surface area (Å²) in [5.74, 6) is 1.07. The molecule has 0 aliphatic rings. The standard InChI is InChI=1S/C12H13BrN4O2/c1-7(2)18-11-10(14)12(17-6-16-11)19-9-3-8(13)4-15-5-9/h3-7H,14H2,1-2H3. The zero-order valence-electron chi connectivity index (χ0n) is 10.5. The van der Waals surface area contributed by atoms with Crippen molar-refractivity contribution in [1.82, 2.24) is 15.0 Å². The Morgan fingerprint density at radius 2 is 1.95 bits per heavy atom. The van der Waals surface area contributed by atoms with Crippen LogP contribution in [0, 0.1) is 0 Å². The summed E-state index contributed by atoms with van der Waals surface area (Å²) in [6.45, 7) is 3.78. The van der Waals surface area contributed by atoms with Crippen LogP contribution in [0.5, 0.6) is 17.5 Å². The minimum Gasteiger partial charge on any atom is -0.473 e. The van der Waals surface area contributed by atoms with Crippen molar-refractivity contribution in [3.63, 3.8) is 0 Å². The smallest absolute Gasteiger partial charge is 0.249 e. The number of rotatable bonds is 4. The van der Waals surface area contributed by atoms with Crippen molar-refractivity contribution in [2.75, 3.05) is 5.73 Å². The molecular weight excluding hydrogens is 312 g/mol. The SMILES string of the molecule is CC(C)Oc1ncnc(Oc2cncc(Br)c2)c1N. The summed E-state index contributed by atoms with van der Waals surface area (Å²) in [5.41, 5.74) is 6.17. The van der Waals surface area contributed by atoms with Crippen LogP contribution in [0.4, 0.5) is 5.69 Å². The summed E-state index contributed by atoms with van der Waals surface area (Å²) in [6.07, 6.45) is 4.53. The van der Waals surface area contributed by atoms with Crippen LogP contribution in [-0.4, -0.2) is 21.1 Å². The van der Waals surface area contributed by atoms with Crippen LogP contribution in [0.25, 0.3) is 0 Å². The van der Waals surface area contributed by atoms with E-state index in [9.17, 15) is 0 Å². The number of hydrogen-bond donors (Lipinski definition) is 1. The lowest BCUT2D eigenvalue weighted by atomic mass is 10.4. The molecule has 6 nitrogen and oxygen atoms in total. The summed E-state index contributed by atoms with van der Waals surface area (Å²) in [6, 6.07) is 1.76. The number of nitrogens with zero attached hydrogens (tertiary/aromatic N) is 3. The lowest BCUT2D eigenvalue weighted by Crippen LogP contribution is -2.10. The molecule has 2 rings (SSSR count). The van der Waals surface area contributed by atoms with Gasteiger partial charge in [0.05, 0.1) is 12.3 Å². The number of nitrogens with two attached hydrogens (primary N) is 1. The van der Waals surface area contributed by atoms with E-state index >= 15 is 0 Å². The number of ether oxygens (including phenoxy) is 2. The quantitative estimate of drug-likeness (QED) is 0.931. The first-order chi connectivity index (χ1) is 9.06. The number of nitrogen functional groups attached to an aromatic ring is 1. The molecule has 7 heteroatoms. The topological polar surface area (TPSA) is 83.2 Å². The zero-order valence-corrected chi connectivity index (χ0v) is 12.1. The molecule has 0 radical (unpaired) electrons. The van der Waals surface area contributed by atoms with Crippen molar-refractivity contribution in [3.8, 4) is 17.5 Å². The van der Waals surface area contributed by atoms with Crippen LogP contribution in [-0.2, 0) is 0 Å². The molecule has 0 spiro atoms. The summed E-state index contributed by atoms with van der Waals surface area (Å²) in [5, 5.41) is 0. The van der Waals surface area contributed by atoms with Crippen molar-refractivity contribution in [2.24, 2.45) is 0 Å². The van der Waals surface area contributed by atoms with Gasteiger partial charge in [-0.2, -0.15) is 9.97 Å². The molecule has 0 bridgehead atoms. The van der Waals surface area contributed by atoms with E-state index in [4.69, 9.17) is 15.2 Å². The highest BCUT2D eigenvalue weighted by atomic mass is 79.9. The van der Waals surface area contributed by atoms with Gasteiger partial charge in [0.1, 0.15) is 12.1 Å². The molecule has 0 aliphatic carbocycles. The molecule has 0 saturated carbocycles. The third kappa shape index (κ3) is 3.54. The third-order valence-corrected chi connectivity index (χ3v) is 2.49. The minimum absolute atomic E-state index is 0.0300. The van der Waals surface area contributed by atoms with Gasteiger partial charge in [-0.3, -0.25) is 4.98 Å². The second-order valence-corrected chi connectivity index (χ2v) is 4.92. The second-order valence-electron chi connectivity index (χ2n) is 4.01. The number of hydrogen-bond acceptors (Lipinski definition) is 6. The first kappa shape index (κ1) is 13.5. The Morgan fingerprint density at radius 1 is 1.21 bits per heavy atom. The Hall–Kier alpha value is -1.89. The van der Waals surface area contributed by atoms with Crippen molar-refractivity contribution >= 4 is 21.6 Å². The largest absolute Gasteiger partial charge is 0.473 e. The Bertz CT molecular complexity index is 577. The van der Waals surface area contributed by atoms with E-state index < -0.39 is 0 Å². The number of pyridine rings is 1. The first-order valence-electron chi connectivity index (χ1n) is 5.62. The molecule has 0 aliphatic heterocycles. The van der Waals surface area contributed by atoms with Crippen LogP contribution < -0.4 is 15.2 Å². The van der Waals surface area contributed by atoms with Crippen LogP contribution in [0.15, 0.2) is 29.3 Å². The first-order valence-corrected chi connectivity index (χ1v) is 6.41. The van der Waals surface area contributed by atoms with Crippen LogP contribution in [0.2, 0.25) is 0 Å². The number of anilines is 1. The molecule has 2 aromatic rings.